The van der Waals surface area contributed by atoms with Gasteiger partial charge in [0.15, 0.2) is 0 Å². The highest BCUT2D eigenvalue weighted by molar-refractivity contribution is 6.31. The second-order valence-electron chi connectivity index (χ2n) is 9.72. The number of likely N-dealkylation sites (tertiary alicyclic amines) is 2. The number of piperidine rings is 1. The fourth-order valence-corrected chi connectivity index (χ4v) is 5.09. The van der Waals surface area contributed by atoms with Gasteiger partial charge >= 0.3 is 12.2 Å². The third kappa shape index (κ3) is 4.60. The minimum Gasteiger partial charge on any atom is -0.380 e. The van der Waals surface area contributed by atoms with Gasteiger partial charge in [-0.15, -0.1) is 0 Å². The molecule has 2 N–H and O–H groups in total. The van der Waals surface area contributed by atoms with E-state index in [0.29, 0.717) is 35.3 Å². The number of fused-ring (bicyclic) bond motifs is 1. The minimum atomic E-state index is -4.62. The van der Waals surface area contributed by atoms with Crippen LogP contribution in [0.5, 0.6) is 0 Å². The molecule has 1 aromatic heterocycles. The smallest absolute Gasteiger partial charge is 0.380 e. The number of aromatic nitrogens is 1. The van der Waals surface area contributed by atoms with Crippen molar-refractivity contribution in [3.8, 4) is 0 Å². The average Bonchev–Trinajstić information content (AvgIpc) is 3.53. The van der Waals surface area contributed by atoms with E-state index < -0.39 is 11.9 Å². The molecule has 0 bridgehead atoms. The molecule has 11 heteroatoms. The van der Waals surface area contributed by atoms with Crippen LogP contribution in [0.3, 0.4) is 0 Å². The van der Waals surface area contributed by atoms with E-state index in [9.17, 15) is 22.8 Å². The summed E-state index contributed by atoms with van der Waals surface area (Å²) in [4.78, 5) is 31.9. The lowest BCUT2D eigenvalue weighted by Crippen LogP contribution is -2.61. The fourth-order valence-electron chi connectivity index (χ4n) is 4.91. The molecule has 182 valence electrons. The zero-order chi connectivity index (χ0) is 24.3. The molecule has 1 aliphatic carbocycles. The van der Waals surface area contributed by atoms with E-state index >= 15 is 0 Å². The van der Waals surface area contributed by atoms with E-state index in [4.69, 9.17) is 11.6 Å². The molecule has 2 aliphatic heterocycles. The van der Waals surface area contributed by atoms with Gasteiger partial charge in [-0.25, -0.2) is 9.78 Å². The summed E-state index contributed by atoms with van der Waals surface area (Å²) >= 11 is 6.10. The number of amides is 3. The van der Waals surface area contributed by atoms with Crippen LogP contribution in [0, 0.1) is 5.41 Å². The van der Waals surface area contributed by atoms with Crippen molar-refractivity contribution in [3.05, 3.63) is 35.0 Å². The second kappa shape index (κ2) is 8.18. The first kappa shape index (κ1) is 23.0. The van der Waals surface area contributed by atoms with Crippen LogP contribution in [0.25, 0.3) is 10.9 Å². The minimum absolute atomic E-state index is 0.160. The number of alkyl halides is 3. The molecule has 5 rings (SSSR count). The lowest BCUT2D eigenvalue weighted by Gasteiger charge is -2.43. The van der Waals surface area contributed by atoms with Crippen LogP contribution in [-0.2, 0) is 11.0 Å². The Morgan fingerprint density at radius 2 is 1.82 bits per heavy atom. The number of pyridine rings is 1. The van der Waals surface area contributed by atoms with Gasteiger partial charge in [-0.2, -0.15) is 13.2 Å². The normalized spacial score (nSPS) is 23.6. The number of benzene rings is 1. The van der Waals surface area contributed by atoms with Crippen molar-refractivity contribution in [2.24, 2.45) is 5.41 Å². The Labute approximate surface area is 199 Å². The summed E-state index contributed by atoms with van der Waals surface area (Å²) < 4.78 is 40.4. The largest absolute Gasteiger partial charge is 0.433 e. The van der Waals surface area contributed by atoms with Gasteiger partial charge in [-0.05, 0) is 43.5 Å². The first-order valence-electron chi connectivity index (χ1n) is 11.3. The molecular formula is C23H25ClF3N5O2. The van der Waals surface area contributed by atoms with Crippen molar-refractivity contribution in [1.82, 2.24) is 20.1 Å². The summed E-state index contributed by atoms with van der Waals surface area (Å²) in [7, 11) is 0. The standard InChI is InChI=1S/C23H25ClF3N5O2/c1-13(33)31-9-15(7-16(10-31)29-21(34)32-11-22(12-32)4-5-22)28-19-8-20(23(25,26)27)30-18-3-2-14(24)6-17(18)19/h2-3,6,8,15-16H,4-5,7,9-12H2,1H3,(H,28,30)(H,29,34)/t15-,16+/m1/s1. The van der Waals surface area contributed by atoms with Crippen molar-refractivity contribution in [2.45, 2.75) is 44.4 Å². The first-order valence-corrected chi connectivity index (χ1v) is 11.6. The molecule has 7 nitrogen and oxygen atoms in total. The third-order valence-electron chi connectivity index (χ3n) is 6.94. The average molecular weight is 496 g/mol. The van der Waals surface area contributed by atoms with Gasteiger partial charge in [0.1, 0.15) is 5.69 Å². The van der Waals surface area contributed by atoms with E-state index in [0.717, 1.165) is 32.0 Å². The van der Waals surface area contributed by atoms with Crippen molar-refractivity contribution in [3.63, 3.8) is 0 Å². The number of rotatable bonds is 3. The maximum Gasteiger partial charge on any atom is 0.433 e. The lowest BCUT2D eigenvalue weighted by atomic mass is 9.97. The Bertz CT molecular complexity index is 1150. The predicted octanol–water partition coefficient (Wildman–Crippen LogP) is 4.11. The topological polar surface area (TPSA) is 77.6 Å². The Morgan fingerprint density at radius 3 is 2.47 bits per heavy atom. The highest BCUT2D eigenvalue weighted by atomic mass is 35.5. The molecule has 1 saturated carbocycles. The molecular weight excluding hydrogens is 471 g/mol. The fraction of sp³-hybridized carbons (Fsp3) is 0.522. The molecule has 0 unspecified atom stereocenters. The number of urea groups is 1. The zero-order valence-electron chi connectivity index (χ0n) is 18.6. The SMILES string of the molecule is CC(=O)N1C[C@@H](NC(=O)N2CC3(CC3)C2)C[C@@H](Nc2cc(C(F)(F)F)nc3ccc(Cl)cc23)C1. The van der Waals surface area contributed by atoms with Crippen LogP contribution in [0.4, 0.5) is 23.7 Å². The molecule has 34 heavy (non-hydrogen) atoms. The highest BCUT2D eigenvalue weighted by Crippen LogP contribution is 2.52. The van der Waals surface area contributed by atoms with Gasteiger partial charge in [0.2, 0.25) is 5.91 Å². The molecule has 1 aromatic carbocycles. The van der Waals surface area contributed by atoms with E-state index in [1.165, 1.54) is 19.1 Å². The number of halogens is 4. The predicted molar refractivity (Wildman–Crippen MR) is 122 cm³/mol. The quantitative estimate of drug-likeness (QED) is 0.671. The molecule has 1 spiro atoms. The molecule has 2 aromatic rings. The zero-order valence-corrected chi connectivity index (χ0v) is 19.3. The van der Waals surface area contributed by atoms with Crippen molar-refractivity contribution >= 4 is 40.1 Å². The summed E-state index contributed by atoms with van der Waals surface area (Å²) in [5, 5.41) is 7.01. The van der Waals surface area contributed by atoms with E-state index in [-0.39, 0.29) is 35.2 Å². The van der Waals surface area contributed by atoms with Gasteiger partial charge in [0, 0.05) is 60.7 Å². The Hall–Kier alpha value is -2.75. The molecule has 3 aliphatic rings. The van der Waals surface area contributed by atoms with Gasteiger partial charge in [0.05, 0.1) is 11.6 Å². The monoisotopic (exact) mass is 495 g/mol. The van der Waals surface area contributed by atoms with Crippen molar-refractivity contribution in [1.29, 1.82) is 0 Å². The molecule has 3 fully saturated rings. The van der Waals surface area contributed by atoms with Crippen LogP contribution < -0.4 is 10.6 Å². The summed E-state index contributed by atoms with van der Waals surface area (Å²) in [6, 6.07) is 4.61. The van der Waals surface area contributed by atoms with Gasteiger partial charge in [0.25, 0.3) is 0 Å². The number of hydrogen-bond donors (Lipinski definition) is 2. The van der Waals surface area contributed by atoms with Gasteiger partial charge < -0.3 is 20.4 Å². The molecule has 3 amide bonds. The maximum absolute atomic E-state index is 13.5. The summed E-state index contributed by atoms with van der Waals surface area (Å²) in [5.74, 6) is -0.162. The number of carbonyl (C=O) groups excluding carboxylic acids is 2. The number of hydrogen-bond acceptors (Lipinski definition) is 4. The van der Waals surface area contributed by atoms with Crippen LogP contribution in [0.2, 0.25) is 5.02 Å². The van der Waals surface area contributed by atoms with Crippen molar-refractivity contribution in [2.75, 3.05) is 31.5 Å². The van der Waals surface area contributed by atoms with Gasteiger partial charge in [-0.3, -0.25) is 4.79 Å². The Balaban J connectivity index is 1.37. The molecule has 3 heterocycles. The first-order chi connectivity index (χ1) is 16.0. The van der Waals surface area contributed by atoms with E-state index in [1.807, 2.05) is 0 Å². The third-order valence-corrected chi connectivity index (χ3v) is 7.18. The number of carbonyl (C=O) groups is 2. The molecule has 2 saturated heterocycles. The van der Waals surface area contributed by atoms with Crippen molar-refractivity contribution < 1.29 is 22.8 Å². The van der Waals surface area contributed by atoms with E-state index in [1.54, 1.807) is 15.9 Å². The number of anilines is 1. The van der Waals surface area contributed by atoms with Gasteiger partial charge in [-0.1, -0.05) is 11.6 Å². The van der Waals surface area contributed by atoms with Crippen LogP contribution in [0.1, 0.15) is 31.9 Å². The summed E-state index contributed by atoms with van der Waals surface area (Å²) in [6.45, 7) is 3.62. The second-order valence-corrected chi connectivity index (χ2v) is 10.2. The Morgan fingerprint density at radius 1 is 1.12 bits per heavy atom. The highest BCUT2D eigenvalue weighted by Gasteiger charge is 2.54. The molecule has 2 atom stereocenters. The number of nitrogens with zero attached hydrogens (tertiary/aromatic N) is 3. The Kier molecular flexibility index (Phi) is 5.54. The lowest BCUT2D eigenvalue weighted by molar-refractivity contribution is -0.140. The van der Waals surface area contributed by atoms with E-state index in [2.05, 4.69) is 15.6 Å². The summed E-state index contributed by atoms with van der Waals surface area (Å²) in [5.41, 5.74) is -0.281. The van der Waals surface area contributed by atoms with Crippen LogP contribution >= 0.6 is 11.6 Å². The number of nitrogens with one attached hydrogen (secondary N) is 2. The molecule has 0 radical (unpaired) electrons. The summed E-state index contributed by atoms with van der Waals surface area (Å²) in [6.07, 6.45) is -1.84. The van der Waals surface area contributed by atoms with Crippen LogP contribution in [-0.4, -0.2) is 65.0 Å². The van der Waals surface area contributed by atoms with Crippen LogP contribution in [0.15, 0.2) is 24.3 Å². The maximum atomic E-state index is 13.5.